The SMILES string of the molecule is Nc1c(C(=O)NCc2cccnc2)cc(-c2ccc(Cl)cc2)cc1-c1ccc(S(N)(=O)=O)cc1. The second kappa shape index (κ2) is 9.64. The number of nitrogen functional groups attached to an aromatic ring is 1. The molecule has 0 aliphatic heterocycles. The van der Waals surface area contributed by atoms with Gasteiger partial charge < -0.3 is 11.1 Å². The van der Waals surface area contributed by atoms with E-state index in [1.165, 1.54) is 12.1 Å². The Labute approximate surface area is 202 Å². The number of benzene rings is 3. The fourth-order valence-electron chi connectivity index (χ4n) is 3.49. The molecular formula is C25H21ClN4O3S. The van der Waals surface area contributed by atoms with E-state index in [9.17, 15) is 13.2 Å². The van der Waals surface area contributed by atoms with Crippen LogP contribution in [0.2, 0.25) is 5.02 Å². The molecule has 4 aromatic rings. The molecule has 0 bridgehead atoms. The fourth-order valence-corrected chi connectivity index (χ4v) is 4.13. The third kappa shape index (κ3) is 5.26. The molecule has 0 spiro atoms. The van der Waals surface area contributed by atoms with Gasteiger partial charge in [0.25, 0.3) is 5.91 Å². The zero-order chi connectivity index (χ0) is 24.3. The van der Waals surface area contributed by atoms with E-state index in [0.717, 1.165) is 16.7 Å². The van der Waals surface area contributed by atoms with Crippen molar-refractivity contribution in [3.8, 4) is 22.3 Å². The molecule has 1 aromatic heterocycles. The second-order valence-electron chi connectivity index (χ2n) is 7.61. The van der Waals surface area contributed by atoms with Gasteiger partial charge in [-0.15, -0.1) is 0 Å². The summed E-state index contributed by atoms with van der Waals surface area (Å²) in [5, 5.41) is 8.68. The number of hydrogen-bond acceptors (Lipinski definition) is 5. The molecule has 0 aliphatic carbocycles. The van der Waals surface area contributed by atoms with Crippen molar-refractivity contribution in [2.24, 2.45) is 5.14 Å². The van der Waals surface area contributed by atoms with E-state index in [1.54, 1.807) is 48.8 Å². The van der Waals surface area contributed by atoms with Gasteiger partial charge in [-0.05, 0) is 64.7 Å². The lowest BCUT2D eigenvalue weighted by molar-refractivity contribution is 0.0952. The van der Waals surface area contributed by atoms with Crippen molar-refractivity contribution in [2.75, 3.05) is 5.73 Å². The minimum atomic E-state index is -3.84. The Bertz CT molecular complexity index is 1440. The maximum atomic E-state index is 13.1. The molecule has 0 unspecified atom stereocenters. The topological polar surface area (TPSA) is 128 Å². The summed E-state index contributed by atoms with van der Waals surface area (Å²) in [6.07, 6.45) is 3.33. The zero-order valence-corrected chi connectivity index (χ0v) is 19.5. The summed E-state index contributed by atoms with van der Waals surface area (Å²) in [4.78, 5) is 17.2. The van der Waals surface area contributed by atoms with Crippen molar-refractivity contribution in [2.45, 2.75) is 11.4 Å². The summed E-state index contributed by atoms with van der Waals surface area (Å²) >= 11 is 6.04. The highest BCUT2D eigenvalue weighted by atomic mass is 35.5. The lowest BCUT2D eigenvalue weighted by Gasteiger charge is -2.15. The number of pyridine rings is 1. The summed E-state index contributed by atoms with van der Waals surface area (Å²) < 4.78 is 23.3. The van der Waals surface area contributed by atoms with Gasteiger partial charge >= 0.3 is 0 Å². The van der Waals surface area contributed by atoms with Crippen LogP contribution >= 0.6 is 11.6 Å². The van der Waals surface area contributed by atoms with Crippen LogP contribution in [0.15, 0.2) is 90.1 Å². The molecule has 172 valence electrons. The van der Waals surface area contributed by atoms with Crippen LogP contribution in [0.4, 0.5) is 5.69 Å². The minimum absolute atomic E-state index is 0.0156. The molecule has 9 heteroatoms. The largest absolute Gasteiger partial charge is 0.398 e. The van der Waals surface area contributed by atoms with E-state index in [1.807, 2.05) is 24.3 Å². The Balaban J connectivity index is 1.78. The number of carbonyl (C=O) groups is 1. The molecule has 0 saturated carbocycles. The summed E-state index contributed by atoms with van der Waals surface area (Å²) in [5.41, 5.74) is 10.7. The van der Waals surface area contributed by atoms with Crippen LogP contribution < -0.4 is 16.2 Å². The average Bonchev–Trinajstić information content (AvgIpc) is 2.83. The van der Waals surface area contributed by atoms with Crippen molar-refractivity contribution in [1.29, 1.82) is 0 Å². The number of anilines is 1. The molecule has 0 atom stereocenters. The van der Waals surface area contributed by atoms with Gasteiger partial charge in [0.2, 0.25) is 10.0 Å². The highest BCUT2D eigenvalue weighted by Crippen LogP contribution is 2.35. The fraction of sp³-hybridized carbons (Fsp3) is 0.0400. The first-order valence-electron chi connectivity index (χ1n) is 10.2. The lowest BCUT2D eigenvalue weighted by atomic mass is 9.93. The maximum Gasteiger partial charge on any atom is 0.253 e. The Morgan fingerprint density at radius 2 is 1.62 bits per heavy atom. The Morgan fingerprint density at radius 3 is 2.24 bits per heavy atom. The van der Waals surface area contributed by atoms with Gasteiger partial charge in [-0.25, -0.2) is 13.6 Å². The molecule has 5 N–H and O–H groups in total. The highest BCUT2D eigenvalue weighted by Gasteiger charge is 2.18. The second-order valence-corrected chi connectivity index (χ2v) is 9.60. The van der Waals surface area contributed by atoms with Gasteiger partial charge in [-0.1, -0.05) is 41.9 Å². The quantitative estimate of drug-likeness (QED) is 0.347. The lowest BCUT2D eigenvalue weighted by Crippen LogP contribution is -2.24. The maximum absolute atomic E-state index is 13.1. The molecule has 3 aromatic carbocycles. The molecule has 1 heterocycles. The van der Waals surface area contributed by atoms with E-state index in [2.05, 4.69) is 10.3 Å². The van der Waals surface area contributed by atoms with Gasteiger partial charge in [0.1, 0.15) is 0 Å². The number of nitrogens with two attached hydrogens (primary N) is 2. The Kier molecular flexibility index (Phi) is 6.65. The first-order valence-corrected chi connectivity index (χ1v) is 12.1. The zero-order valence-electron chi connectivity index (χ0n) is 17.9. The number of primary sulfonamides is 1. The van der Waals surface area contributed by atoms with Crippen LogP contribution in [0.5, 0.6) is 0 Å². The third-order valence-corrected chi connectivity index (χ3v) is 6.45. The third-order valence-electron chi connectivity index (χ3n) is 5.27. The van der Waals surface area contributed by atoms with E-state index in [-0.39, 0.29) is 23.0 Å². The molecule has 0 aliphatic rings. The summed E-state index contributed by atoms with van der Waals surface area (Å²) in [6.45, 7) is 0.287. The number of amides is 1. The van der Waals surface area contributed by atoms with E-state index in [4.69, 9.17) is 22.5 Å². The Morgan fingerprint density at radius 1 is 0.941 bits per heavy atom. The number of halogens is 1. The van der Waals surface area contributed by atoms with Gasteiger partial charge in [0.15, 0.2) is 0 Å². The van der Waals surface area contributed by atoms with Crippen LogP contribution in [0.3, 0.4) is 0 Å². The van der Waals surface area contributed by atoms with Crippen LogP contribution in [-0.4, -0.2) is 19.3 Å². The molecule has 1 amide bonds. The van der Waals surface area contributed by atoms with Crippen LogP contribution in [-0.2, 0) is 16.6 Å². The number of aromatic nitrogens is 1. The van der Waals surface area contributed by atoms with Gasteiger partial charge in [-0.3, -0.25) is 9.78 Å². The van der Waals surface area contributed by atoms with Crippen molar-refractivity contribution in [3.63, 3.8) is 0 Å². The van der Waals surface area contributed by atoms with Crippen LogP contribution in [0, 0.1) is 0 Å². The van der Waals surface area contributed by atoms with E-state index < -0.39 is 10.0 Å². The van der Waals surface area contributed by atoms with Crippen molar-refractivity contribution >= 4 is 33.2 Å². The summed E-state index contributed by atoms with van der Waals surface area (Å²) in [6, 6.07) is 20.5. The predicted octanol–water partition coefficient (Wildman–Crippen LogP) is 4.23. The molecule has 0 saturated heterocycles. The normalized spacial score (nSPS) is 11.2. The van der Waals surface area contributed by atoms with Crippen molar-refractivity contribution in [1.82, 2.24) is 10.3 Å². The summed E-state index contributed by atoms with van der Waals surface area (Å²) in [7, 11) is -3.84. The van der Waals surface area contributed by atoms with Gasteiger partial charge in [-0.2, -0.15) is 0 Å². The van der Waals surface area contributed by atoms with Crippen LogP contribution in [0.25, 0.3) is 22.3 Å². The van der Waals surface area contributed by atoms with Gasteiger partial charge in [0, 0.05) is 29.5 Å². The smallest absolute Gasteiger partial charge is 0.253 e. The standard InChI is InChI=1S/C25H21ClN4O3S/c26-20-7-3-17(4-8-20)19-12-22(18-5-9-21(10-6-18)34(28,32)33)24(27)23(13-19)25(31)30-15-16-2-1-11-29-14-16/h1-14H,15,27H2,(H,30,31)(H2,28,32,33). The number of rotatable bonds is 6. The first kappa shape index (κ1) is 23.4. The number of nitrogens with one attached hydrogen (secondary N) is 1. The molecule has 4 rings (SSSR count). The number of carbonyl (C=O) groups excluding carboxylic acids is 1. The van der Waals surface area contributed by atoms with Crippen LogP contribution in [0.1, 0.15) is 15.9 Å². The highest BCUT2D eigenvalue weighted by molar-refractivity contribution is 7.89. The van der Waals surface area contributed by atoms with Gasteiger partial charge in [0.05, 0.1) is 16.1 Å². The summed E-state index contributed by atoms with van der Waals surface area (Å²) in [5.74, 6) is -0.348. The minimum Gasteiger partial charge on any atom is -0.398 e. The molecular weight excluding hydrogens is 472 g/mol. The number of nitrogens with zero attached hydrogens (tertiary/aromatic N) is 1. The molecule has 0 fully saturated rings. The van der Waals surface area contributed by atoms with E-state index in [0.29, 0.717) is 21.7 Å². The predicted molar refractivity (Wildman–Crippen MR) is 134 cm³/mol. The van der Waals surface area contributed by atoms with Crippen molar-refractivity contribution < 1.29 is 13.2 Å². The molecule has 0 radical (unpaired) electrons. The monoisotopic (exact) mass is 492 g/mol. The average molecular weight is 493 g/mol. The van der Waals surface area contributed by atoms with Crippen molar-refractivity contribution in [3.05, 3.63) is 101 Å². The number of hydrogen-bond donors (Lipinski definition) is 3. The number of sulfonamides is 1. The molecule has 34 heavy (non-hydrogen) atoms. The van der Waals surface area contributed by atoms with E-state index >= 15 is 0 Å². The molecule has 7 nitrogen and oxygen atoms in total. The first-order chi connectivity index (χ1) is 16.2. The Hall–Kier alpha value is -3.72.